The highest BCUT2D eigenvalue weighted by Crippen LogP contribution is 2.35. The summed E-state index contributed by atoms with van der Waals surface area (Å²) in [6, 6.07) is 27.6. The first-order chi connectivity index (χ1) is 34.0. The summed E-state index contributed by atoms with van der Waals surface area (Å²) in [5.74, 6) is -0.513. The fraction of sp³-hybridized carbons (Fsp3) is 0.356. The molecule has 0 fully saturated rings. The number of carbonyl (C=O) groups is 4. The van der Waals surface area contributed by atoms with Gasteiger partial charge in [-0.2, -0.15) is 0 Å². The average Bonchev–Trinajstić information content (AvgIpc) is 3.38. The fourth-order valence-corrected chi connectivity index (χ4v) is 8.96. The van der Waals surface area contributed by atoms with Gasteiger partial charge in [-0.25, -0.2) is 14.8 Å². The number of hydrogen-bond donors (Lipinski definition) is 2. The van der Waals surface area contributed by atoms with Gasteiger partial charge in [0.2, 0.25) is 11.8 Å². The molecule has 13 nitrogen and oxygen atoms in total. The molecule has 0 saturated carbocycles. The number of nitrogens with zero attached hydrogens (tertiary/aromatic N) is 3. The van der Waals surface area contributed by atoms with E-state index in [2.05, 4.69) is 51.7 Å². The number of aryl methyl sites for hydroxylation is 6. The summed E-state index contributed by atoms with van der Waals surface area (Å²) in [5.41, 5.74) is 16.7. The van der Waals surface area contributed by atoms with Crippen molar-refractivity contribution in [1.29, 1.82) is 0 Å². The van der Waals surface area contributed by atoms with Crippen LogP contribution in [-0.4, -0.2) is 85.3 Å². The van der Waals surface area contributed by atoms with Crippen LogP contribution >= 0.6 is 0 Å². The highest BCUT2D eigenvalue weighted by molar-refractivity contribution is 5.94. The predicted octanol–water partition coefficient (Wildman–Crippen LogP) is 10.3. The lowest BCUT2D eigenvalue weighted by Gasteiger charge is -2.30. The molecule has 0 saturated heterocycles. The van der Waals surface area contributed by atoms with Gasteiger partial charge in [0.15, 0.2) is 0 Å². The third kappa shape index (κ3) is 13.9. The lowest BCUT2D eigenvalue weighted by atomic mass is 9.84. The van der Waals surface area contributed by atoms with Crippen molar-refractivity contribution in [3.05, 3.63) is 186 Å². The van der Waals surface area contributed by atoms with E-state index >= 15 is 0 Å². The summed E-state index contributed by atoms with van der Waals surface area (Å²) in [6.45, 7) is 15.1. The molecule has 6 aromatic rings. The van der Waals surface area contributed by atoms with Crippen LogP contribution in [0.2, 0.25) is 0 Å². The van der Waals surface area contributed by atoms with Gasteiger partial charge in [0, 0.05) is 61.6 Å². The second-order valence-electron chi connectivity index (χ2n) is 18.2. The summed E-state index contributed by atoms with van der Waals surface area (Å²) in [7, 11) is 6.02. The quantitative estimate of drug-likeness (QED) is 0.112. The molecule has 0 bridgehead atoms. The predicted molar refractivity (Wildman–Crippen MR) is 280 cm³/mol. The first-order valence-corrected chi connectivity index (χ1v) is 23.8. The number of nitrogens with one attached hydrogen (secondary N) is 1. The minimum Gasteiger partial charge on any atom is -0.481 e. The lowest BCUT2D eigenvalue weighted by molar-refractivity contribution is -0.141. The van der Waals surface area contributed by atoms with E-state index in [9.17, 15) is 19.2 Å². The third-order valence-corrected chi connectivity index (χ3v) is 13.6. The van der Waals surface area contributed by atoms with Crippen molar-refractivity contribution in [2.75, 3.05) is 41.5 Å². The number of fused-ring (bicyclic) bond motifs is 2. The van der Waals surface area contributed by atoms with Crippen LogP contribution < -0.4 is 14.8 Å². The van der Waals surface area contributed by atoms with E-state index in [-0.39, 0.29) is 49.9 Å². The van der Waals surface area contributed by atoms with Crippen molar-refractivity contribution in [1.82, 2.24) is 20.2 Å². The number of ether oxygens (including phenoxy) is 4. The summed E-state index contributed by atoms with van der Waals surface area (Å²) < 4.78 is 20.4. The molecule has 72 heavy (non-hydrogen) atoms. The summed E-state index contributed by atoms with van der Waals surface area (Å²) in [4.78, 5) is 58.7. The average molecular weight is 979 g/mol. The molecule has 13 heteroatoms. The van der Waals surface area contributed by atoms with Crippen LogP contribution in [0.25, 0.3) is 0 Å². The number of carboxylic acid groups (broad SMARTS) is 1. The molecule has 0 radical (unpaired) electrons. The molecule has 2 aliphatic rings. The van der Waals surface area contributed by atoms with Crippen LogP contribution in [0.5, 0.6) is 11.8 Å². The smallest absolute Gasteiger partial charge is 0.335 e. The Morgan fingerprint density at radius 3 is 1.54 bits per heavy atom. The molecule has 2 unspecified atom stereocenters. The maximum atomic E-state index is 13.2. The minimum atomic E-state index is -0.867. The monoisotopic (exact) mass is 979 g/mol. The van der Waals surface area contributed by atoms with Gasteiger partial charge in [0.05, 0.1) is 46.8 Å². The SMILES string of the molecule is C.COC(=O)CC(c1ccc2c(c1)CN(C(=O)c1ccc(C)c(C)c1)CC2)c1cnc(OC)cc1C.COC(=O)CC(c1ccc2c(c1)CNCC2)c1cnc(OC)cc1C.Cc1ccc(C(=O)O)cc1C. The van der Waals surface area contributed by atoms with E-state index in [1.54, 1.807) is 38.7 Å². The Balaban J connectivity index is 0.000000226. The number of benzene rings is 4. The molecule has 0 spiro atoms. The third-order valence-electron chi connectivity index (χ3n) is 13.6. The topological polar surface area (TPSA) is 166 Å². The zero-order valence-corrected chi connectivity index (χ0v) is 42.6. The zero-order valence-electron chi connectivity index (χ0n) is 42.6. The standard InChI is InChI=1S/C29H32N2O4.C20H24N2O3.C9H10O2.CH4/c1-18-6-7-23(12-19(18)2)29(33)31-11-10-21-8-9-22(14-24(21)17-31)25(15-28(32)35-5)26-16-30-27(34-4)13-20(26)3;1-13-8-19(24-2)22-12-18(13)17(10-20(23)25-3)15-5-4-14-6-7-21-11-16(14)9-15;1-6-3-4-8(9(10)11)5-7(6)2;/h6-9,12-14,16,25H,10-11,15,17H2,1-5H3;4-5,8-9,12,17,21H,6-7,10-11H2,1-3H3;3-5H,1-2H3,(H,10,11);1H4. The maximum Gasteiger partial charge on any atom is 0.335 e. The molecule has 2 aromatic heterocycles. The number of hydrogen-bond acceptors (Lipinski definition) is 11. The van der Waals surface area contributed by atoms with Gasteiger partial charge in [0.1, 0.15) is 0 Å². The number of esters is 2. The number of amides is 1. The summed E-state index contributed by atoms with van der Waals surface area (Å²) in [5, 5.41) is 12.0. The summed E-state index contributed by atoms with van der Waals surface area (Å²) in [6.07, 6.45) is 5.92. The zero-order chi connectivity index (χ0) is 51.4. The van der Waals surface area contributed by atoms with Gasteiger partial charge >= 0.3 is 17.9 Å². The molecule has 0 aliphatic carbocycles. The number of rotatable bonds is 12. The van der Waals surface area contributed by atoms with Crippen molar-refractivity contribution < 1.29 is 43.2 Å². The van der Waals surface area contributed by atoms with E-state index in [4.69, 9.17) is 24.1 Å². The van der Waals surface area contributed by atoms with Gasteiger partial charge in [-0.1, -0.05) is 56.0 Å². The number of pyridine rings is 2. The Morgan fingerprint density at radius 1 is 0.583 bits per heavy atom. The second kappa shape index (κ2) is 25.7. The van der Waals surface area contributed by atoms with Crippen LogP contribution in [0.3, 0.4) is 0 Å². The summed E-state index contributed by atoms with van der Waals surface area (Å²) >= 11 is 0. The van der Waals surface area contributed by atoms with Crippen LogP contribution in [0.4, 0.5) is 0 Å². The van der Waals surface area contributed by atoms with Crippen molar-refractivity contribution in [2.45, 2.75) is 99.6 Å². The molecule has 2 aliphatic heterocycles. The molecule has 1 amide bonds. The Bertz CT molecular complexity index is 2900. The Kier molecular flexibility index (Phi) is 19.8. The van der Waals surface area contributed by atoms with Crippen LogP contribution in [0.1, 0.15) is 131 Å². The molecule has 8 rings (SSSR count). The molecular formula is C59H70N4O9. The first kappa shape index (κ1) is 55.5. The highest BCUT2D eigenvalue weighted by Gasteiger charge is 2.27. The van der Waals surface area contributed by atoms with Crippen LogP contribution in [0, 0.1) is 41.5 Å². The maximum absolute atomic E-state index is 13.2. The Morgan fingerprint density at radius 2 is 1.07 bits per heavy atom. The van der Waals surface area contributed by atoms with E-state index in [1.165, 1.54) is 36.5 Å². The van der Waals surface area contributed by atoms with E-state index < -0.39 is 5.97 Å². The van der Waals surface area contributed by atoms with Crippen LogP contribution in [0.15, 0.2) is 97.3 Å². The van der Waals surface area contributed by atoms with Crippen molar-refractivity contribution in [3.63, 3.8) is 0 Å². The molecule has 2 N–H and O–H groups in total. The van der Waals surface area contributed by atoms with E-state index in [0.29, 0.717) is 30.4 Å². The molecule has 2 atom stereocenters. The van der Waals surface area contributed by atoms with Gasteiger partial charge in [0.25, 0.3) is 5.91 Å². The minimum absolute atomic E-state index is 0. The van der Waals surface area contributed by atoms with Gasteiger partial charge in [-0.05, 0) is 163 Å². The number of carbonyl (C=O) groups excluding carboxylic acids is 3. The van der Waals surface area contributed by atoms with Gasteiger partial charge in [-0.3, -0.25) is 14.4 Å². The van der Waals surface area contributed by atoms with Crippen molar-refractivity contribution in [3.8, 4) is 11.8 Å². The fourth-order valence-electron chi connectivity index (χ4n) is 8.96. The molecule has 380 valence electrons. The number of aromatic carboxylic acids is 1. The second-order valence-corrected chi connectivity index (χ2v) is 18.2. The normalized spacial score (nSPS) is 13.2. The van der Waals surface area contributed by atoms with Crippen LogP contribution in [-0.2, 0) is 45.0 Å². The van der Waals surface area contributed by atoms with Gasteiger partial charge < -0.3 is 34.3 Å². The number of aromatic nitrogens is 2. The molecule has 4 aromatic carbocycles. The molecule has 4 heterocycles. The highest BCUT2D eigenvalue weighted by atomic mass is 16.5. The van der Waals surface area contributed by atoms with E-state index in [0.717, 1.165) is 87.1 Å². The number of carboxylic acids is 1. The van der Waals surface area contributed by atoms with Crippen molar-refractivity contribution >= 4 is 23.8 Å². The van der Waals surface area contributed by atoms with Gasteiger partial charge in [-0.15, -0.1) is 0 Å². The largest absolute Gasteiger partial charge is 0.481 e. The Labute approximate surface area is 424 Å². The van der Waals surface area contributed by atoms with E-state index in [1.807, 2.05) is 82.8 Å². The van der Waals surface area contributed by atoms with Crippen molar-refractivity contribution in [2.24, 2.45) is 0 Å². The lowest BCUT2D eigenvalue weighted by Crippen LogP contribution is -2.36. The number of methoxy groups -OCH3 is 4. The Hall–Kier alpha value is -7.38. The molecular weight excluding hydrogens is 909 g/mol. The first-order valence-electron chi connectivity index (χ1n) is 23.8.